The molecule has 0 aliphatic heterocycles. The topological polar surface area (TPSA) is 67.6 Å². The van der Waals surface area contributed by atoms with Crippen molar-refractivity contribution in [3.8, 4) is 0 Å². The molecule has 0 aliphatic carbocycles. The number of nitrogens with two attached hydrogens (primary N) is 1. The van der Waals surface area contributed by atoms with E-state index in [1.54, 1.807) is 39.4 Å². The molecule has 3 N–H and O–H groups in total. The third kappa shape index (κ3) is 3.64. The van der Waals surface area contributed by atoms with Crippen LogP contribution in [0.4, 0.5) is 11.4 Å². The zero-order valence-corrected chi connectivity index (χ0v) is 10.5. The van der Waals surface area contributed by atoms with E-state index in [4.69, 9.17) is 10.5 Å². The quantitative estimate of drug-likeness (QED) is 0.593. The lowest BCUT2D eigenvalue weighted by molar-refractivity contribution is 0.0827. The number of nitrogens with zero attached hydrogens (tertiary/aromatic N) is 1. The number of rotatable bonds is 5. The zero-order chi connectivity index (χ0) is 12.8. The molecule has 17 heavy (non-hydrogen) atoms. The van der Waals surface area contributed by atoms with Crippen molar-refractivity contribution in [3.05, 3.63) is 23.8 Å². The Balaban J connectivity index is 2.83. The molecule has 1 rings (SSSR count). The van der Waals surface area contributed by atoms with Crippen LogP contribution in [0.25, 0.3) is 0 Å². The zero-order valence-electron chi connectivity index (χ0n) is 10.5. The molecule has 0 bridgehead atoms. The first-order valence-electron chi connectivity index (χ1n) is 5.40. The number of hydrogen-bond donors (Lipinski definition) is 2. The van der Waals surface area contributed by atoms with E-state index < -0.39 is 0 Å². The predicted molar refractivity (Wildman–Crippen MR) is 69.2 cm³/mol. The molecule has 0 spiro atoms. The van der Waals surface area contributed by atoms with E-state index in [2.05, 4.69) is 5.32 Å². The molecule has 0 atom stereocenters. The normalized spacial score (nSPS) is 10.1. The molecule has 0 aliphatic rings. The highest BCUT2D eigenvalue weighted by Gasteiger charge is 2.09. The van der Waals surface area contributed by atoms with Crippen LogP contribution in [0.1, 0.15) is 10.4 Å². The van der Waals surface area contributed by atoms with Gasteiger partial charge in [0.1, 0.15) is 0 Å². The van der Waals surface area contributed by atoms with Gasteiger partial charge in [0.2, 0.25) is 0 Å². The maximum Gasteiger partial charge on any atom is 0.253 e. The molecule has 5 nitrogen and oxygen atoms in total. The highest BCUT2D eigenvalue weighted by atomic mass is 16.5. The number of hydrogen-bond acceptors (Lipinski definition) is 4. The van der Waals surface area contributed by atoms with Gasteiger partial charge in [-0.2, -0.15) is 0 Å². The fourth-order valence-corrected chi connectivity index (χ4v) is 1.39. The van der Waals surface area contributed by atoms with Crippen LogP contribution >= 0.6 is 0 Å². The number of benzene rings is 1. The first-order chi connectivity index (χ1) is 8.06. The molecule has 0 heterocycles. The van der Waals surface area contributed by atoms with Gasteiger partial charge in [-0.3, -0.25) is 4.79 Å². The van der Waals surface area contributed by atoms with Crippen molar-refractivity contribution in [2.75, 3.05) is 45.4 Å². The van der Waals surface area contributed by atoms with Crippen LogP contribution in [-0.4, -0.2) is 45.2 Å². The van der Waals surface area contributed by atoms with E-state index in [1.165, 1.54) is 4.90 Å². The standard InChI is InChI=1S/C12H19N3O2/c1-15(2)12(16)9-4-5-10(13)11(8-9)14-6-7-17-3/h4-5,8,14H,6-7,13H2,1-3H3. The Hall–Kier alpha value is -1.75. The summed E-state index contributed by atoms with van der Waals surface area (Å²) in [7, 11) is 5.07. The van der Waals surface area contributed by atoms with Gasteiger partial charge in [-0.15, -0.1) is 0 Å². The largest absolute Gasteiger partial charge is 0.397 e. The Bertz CT molecular complexity index is 391. The number of ether oxygens (including phenoxy) is 1. The molecule has 1 amide bonds. The minimum Gasteiger partial charge on any atom is -0.397 e. The summed E-state index contributed by atoms with van der Waals surface area (Å²) in [5.41, 5.74) is 7.82. The summed E-state index contributed by atoms with van der Waals surface area (Å²) in [5, 5.41) is 3.13. The van der Waals surface area contributed by atoms with Crippen molar-refractivity contribution in [1.82, 2.24) is 4.90 Å². The van der Waals surface area contributed by atoms with Crippen LogP contribution < -0.4 is 11.1 Å². The summed E-state index contributed by atoms with van der Waals surface area (Å²) in [4.78, 5) is 13.3. The number of methoxy groups -OCH3 is 1. The SMILES string of the molecule is COCCNc1cc(C(=O)N(C)C)ccc1N. The van der Waals surface area contributed by atoms with Crippen molar-refractivity contribution in [2.45, 2.75) is 0 Å². The van der Waals surface area contributed by atoms with Crippen molar-refractivity contribution in [2.24, 2.45) is 0 Å². The molecule has 0 fully saturated rings. The highest BCUT2D eigenvalue weighted by Crippen LogP contribution is 2.20. The van der Waals surface area contributed by atoms with E-state index in [1.807, 2.05) is 0 Å². The van der Waals surface area contributed by atoms with Crippen LogP contribution in [0.3, 0.4) is 0 Å². The van der Waals surface area contributed by atoms with E-state index >= 15 is 0 Å². The molecule has 0 saturated heterocycles. The van der Waals surface area contributed by atoms with Crippen LogP contribution in [0.5, 0.6) is 0 Å². The van der Waals surface area contributed by atoms with Gasteiger partial charge < -0.3 is 20.7 Å². The van der Waals surface area contributed by atoms with Gasteiger partial charge in [-0.05, 0) is 18.2 Å². The number of nitrogens with one attached hydrogen (secondary N) is 1. The number of amides is 1. The average molecular weight is 237 g/mol. The molecule has 1 aromatic carbocycles. The van der Waals surface area contributed by atoms with Crippen molar-refractivity contribution in [3.63, 3.8) is 0 Å². The molecule has 0 aromatic heterocycles. The molecular weight excluding hydrogens is 218 g/mol. The summed E-state index contributed by atoms with van der Waals surface area (Å²) < 4.78 is 4.94. The summed E-state index contributed by atoms with van der Waals surface area (Å²) in [6.07, 6.45) is 0. The molecule has 5 heteroatoms. The van der Waals surface area contributed by atoms with Crippen LogP contribution in [-0.2, 0) is 4.74 Å². The Morgan fingerprint density at radius 2 is 2.18 bits per heavy atom. The lowest BCUT2D eigenvalue weighted by Gasteiger charge is -2.13. The van der Waals surface area contributed by atoms with E-state index in [0.717, 1.165) is 5.69 Å². The lowest BCUT2D eigenvalue weighted by Crippen LogP contribution is -2.22. The smallest absolute Gasteiger partial charge is 0.253 e. The fraction of sp³-hybridized carbons (Fsp3) is 0.417. The Morgan fingerprint density at radius 3 is 2.76 bits per heavy atom. The number of carbonyl (C=O) groups excluding carboxylic acids is 1. The number of carbonyl (C=O) groups is 1. The predicted octanol–water partition coefficient (Wildman–Crippen LogP) is 1.03. The first kappa shape index (κ1) is 13.3. The minimum absolute atomic E-state index is 0.0419. The third-order valence-electron chi connectivity index (χ3n) is 2.33. The van der Waals surface area contributed by atoms with Gasteiger partial charge >= 0.3 is 0 Å². The van der Waals surface area contributed by atoms with Gasteiger partial charge in [-0.1, -0.05) is 0 Å². The number of anilines is 2. The second-order valence-electron chi connectivity index (χ2n) is 3.92. The second kappa shape index (κ2) is 6.10. The van der Waals surface area contributed by atoms with Gasteiger partial charge in [0.05, 0.1) is 18.0 Å². The van der Waals surface area contributed by atoms with E-state index in [0.29, 0.717) is 24.4 Å². The van der Waals surface area contributed by atoms with Crippen LogP contribution in [0, 0.1) is 0 Å². The van der Waals surface area contributed by atoms with Crippen molar-refractivity contribution < 1.29 is 9.53 Å². The lowest BCUT2D eigenvalue weighted by atomic mass is 10.1. The second-order valence-corrected chi connectivity index (χ2v) is 3.92. The van der Waals surface area contributed by atoms with Gasteiger partial charge in [0, 0.05) is 33.3 Å². The molecule has 0 radical (unpaired) electrons. The molecular formula is C12H19N3O2. The third-order valence-corrected chi connectivity index (χ3v) is 2.33. The van der Waals surface area contributed by atoms with Gasteiger partial charge in [-0.25, -0.2) is 0 Å². The Kier molecular flexibility index (Phi) is 4.78. The molecule has 0 unspecified atom stereocenters. The fourth-order valence-electron chi connectivity index (χ4n) is 1.39. The Labute approximate surface area is 102 Å². The van der Waals surface area contributed by atoms with Gasteiger partial charge in [0.25, 0.3) is 5.91 Å². The molecule has 0 saturated carbocycles. The monoisotopic (exact) mass is 237 g/mol. The average Bonchev–Trinajstić information content (AvgIpc) is 2.30. The molecule has 1 aromatic rings. The highest BCUT2D eigenvalue weighted by molar-refractivity contribution is 5.95. The molecule has 94 valence electrons. The first-order valence-corrected chi connectivity index (χ1v) is 5.40. The van der Waals surface area contributed by atoms with Crippen LogP contribution in [0.15, 0.2) is 18.2 Å². The van der Waals surface area contributed by atoms with E-state index in [9.17, 15) is 4.79 Å². The summed E-state index contributed by atoms with van der Waals surface area (Å²) in [6.45, 7) is 1.24. The Morgan fingerprint density at radius 1 is 1.47 bits per heavy atom. The van der Waals surface area contributed by atoms with Crippen LogP contribution in [0.2, 0.25) is 0 Å². The number of nitrogen functional groups attached to an aromatic ring is 1. The summed E-state index contributed by atoms with van der Waals surface area (Å²) in [5.74, 6) is -0.0419. The minimum atomic E-state index is -0.0419. The maximum absolute atomic E-state index is 11.8. The van der Waals surface area contributed by atoms with E-state index in [-0.39, 0.29) is 5.91 Å². The van der Waals surface area contributed by atoms with Gasteiger partial charge in [0.15, 0.2) is 0 Å². The maximum atomic E-state index is 11.8. The summed E-state index contributed by atoms with van der Waals surface area (Å²) >= 11 is 0. The van der Waals surface area contributed by atoms with Crippen molar-refractivity contribution >= 4 is 17.3 Å². The van der Waals surface area contributed by atoms with Crippen molar-refractivity contribution in [1.29, 1.82) is 0 Å². The summed E-state index contributed by atoms with van der Waals surface area (Å²) in [6, 6.07) is 5.21.